The molecule has 0 saturated carbocycles. The van der Waals surface area contributed by atoms with Gasteiger partial charge in [-0.1, -0.05) is 23.9 Å². The molecule has 0 aliphatic rings. The van der Waals surface area contributed by atoms with E-state index >= 15 is 0 Å². The zero-order valence-corrected chi connectivity index (χ0v) is 17.0. The minimum absolute atomic E-state index is 0.0337. The third kappa shape index (κ3) is 5.03. The zero-order valence-electron chi connectivity index (χ0n) is 16.2. The molecule has 2 aromatic carbocycles. The second-order valence-corrected chi connectivity index (χ2v) is 6.93. The van der Waals surface area contributed by atoms with E-state index in [0.717, 1.165) is 5.56 Å². The number of thioether (sulfide) groups is 1. The number of nitrogens with one attached hydrogen (secondary N) is 1. The fraction of sp³-hybridized carbons (Fsp3) is 0.150. The lowest BCUT2D eigenvalue weighted by molar-refractivity contribution is -0.383. The number of anilines is 1. The van der Waals surface area contributed by atoms with Crippen molar-refractivity contribution in [1.82, 2.24) is 10.2 Å². The maximum atomic E-state index is 12.2. The van der Waals surface area contributed by atoms with Gasteiger partial charge in [0.2, 0.25) is 5.91 Å². The summed E-state index contributed by atoms with van der Waals surface area (Å²) in [4.78, 5) is 22.6. The molecule has 0 atom stereocenters. The number of ether oxygens (including phenoxy) is 2. The largest absolute Gasteiger partial charge is 0.497 e. The highest BCUT2D eigenvalue weighted by atomic mass is 32.2. The fourth-order valence-electron chi connectivity index (χ4n) is 2.62. The molecule has 10 heteroatoms. The van der Waals surface area contributed by atoms with Crippen LogP contribution < -0.4 is 14.8 Å². The van der Waals surface area contributed by atoms with Crippen LogP contribution in [0.1, 0.15) is 0 Å². The quantitative estimate of drug-likeness (QED) is 0.328. The van der Waals surface area contributed by atoms with Gasteiger partial charge in [0.1, 0.15) is 22.2 Å². The van der Waals surface area contributed by atoms with Gasteiger partial charge >= 0.3 is 0 Å². The maximum absolute atomic E-state index is 12.2. The summed E-state index contributed by atoms with van der Waals surface area (Å²) in [5.41, 5.74) is 1.37. The molecule has 0 aliphatic heterocycles. The summed E-state index contributed by atoms with van der Waals surface area (Å²) in [5, 5.41) is 22.5. The highest BCUT2D eigenvalue weighted by Crippen LogP contribution is 2.32. The van der Waals surface area contributed by atoms with Crippen molar-refractivity contribution >= 4 is 29.0 Å². The number of methoxy groups -OCH3 is 2. The van der Waals surface area contributed by atoms with Crippen LogP contribution in [0.25, 0.3) is 11.3 Å². The number of aromatic nitrogens is 2. The molecule has 0 bridgehead atoms. The molecular weight excluding hydrogens is 408 g/mol. The Bertz CT molecular complexity index is 1060. The smallest absolute Gasteiger partial charge is 0.292 e. The second-order valence-electron chi connectivity index (χ2n) is 5.93. The van der Waals surface area contributed by atoms with Gasteiger partial charge in [0.05, 0.1) is 30.6 Å². The number of carbonyl (C=O) groups excluding carboxylic acids is 1. The van der Waals surface area contributed by atoms with Crippen molar-refractivity contribution in [1.29, 1.82) is 0 Å². The van der Waals surface area contributed by atoms with Crippen LogP contribution in [0.15, 0.2) is 59.6 Å². The minimum Gasteiger partial charge on any atom is -0.497 e. The van der Waals surface area contributed by atoms with Crippen molar-refractivity contribution in [2.75, 3.05) is 25.3 Å². The van der Waals surface area contributed by atoms with E-state index in [4.69, 9.17) is 9.47 Å². The standard InChI is InChI=1S/C20H18N4O5S/c1-28-13-7-8-14(18(11-13)29-2)15-9-10-20(23-22-15)30-12-19(25)21-16-5-3-4-6-17(16)24(26)27/h3-11H,12H2,1-2H3,(H,21,25). The zero-order chi connectivity index (χ0) is 21.5. The van der Waals surface area contributed by atoms with Gasteiger partial charge in [-0.05, 0) is 30.3 Å². The summed E-state index contributed by atoms with van der Waals surface area (Å²) in [7, 11) is 3.14. The molecule has 0 spiro atoms. The molecule has 0 radical (unpaired) electrons. The van der Waals surface area contributed by atoms with E-state index in [1.807, 2.05) is 6.07 Å². The monoisotopic (exact) mass is 426 g/mol. The highest BCUT2D eigenvalue weighted by molar-refractivity contribution is 7.99. The van der Waals surface area contributed by atoms with Gasteiger partial charge in [-0.25, -0.2) is 0 Å². The van der Waals surface area contributed by atoms with Crippen molar-refractivity contribution < 1.29 is 19.2 Å². The van der Waals surface area contributed by atoms with Crippen molar-refractivity contribution in [2.24, 2.45) is 0 Å². The van der Waals surface area contributed by atoms with E-state index < -0.39 is 4.92 Å². The number of nitro groups is 1. The van der Waals surface area contributed by atoms with Gasteiger partial charge in [0.25, 0.3) is 5.69 Å². The predicted molar refractivity (Wildman–Crippen MR) is 113 cm³/mol. The molecule has 1 amide bonds. The van der Waals surface area contributed by atoms with E-state index in [0.29, 0.717) is 22.2 Å². The molecule has 0 fully saturated rings. The Morgan fingerprint density at radius 2 is 1.90 bits per heavy atom. The van der Waals surface area contributed by atoms with E-state index in [9.17, 15) is 14.9 Å². The second kappa shape index (κ2) is 9.70. The van der Waals surface area contributed by atoms with Crippen molar-refractivity contribution in [3.63, 3.8) is 0 Å². The van der Waals surface area contributed by atoms with Crippen molar-refractivity contribution in [2.45, 2.75) is 5.03 Å². The lowest BCUT2D eigenvalue weighted by atomic mass is 10.1. The Hall–Kier alpha value is -3.66. The average Bonchev–Trinajstić information content (AvgIpc) is 2.77. The first-order chi connectivity index (χ1) is 14.5. The number of benzene rings is 2. The van der Waals surface area contributed by atoms with Gasteiger partial charge in [-0.2, -0.15) is 0 Å². The molecule has 3 aromatic rings. The summed E-state index contributed by atoms with van der Waals surface area (Å²) in [6, 6.07) is 14.9. The molecule has 1 aromatic heterocycles. The van der Waals surface area contributed by atoms with E-state index in [1.54, 1.807) is 44.6 Å². The number of rotatable bonds is 8. The van der Waals surface area contributed by atoms with Crippen LogP contribution in [0.3, 0.4) is 0 Å². The van der Waals surface area contributed by atoms with Gasteiger partial charge in [0, 0.05) is 17.7 Å². The Morgan fingerprint density at radius 3 is 2.57 bits per heavy atom. The number of carbonyl (C=O) groups is 1. The SMILES string of the molecule is COc1ccc(-c2ccc(SCC(=O)Nc3ccccc3[N+](=O)[O-])nn2)c(OC)c1. The molecule has 3 rings (SSSR count). The van der Waals surface area contributed by atoms with E-state index in [-0.39, 0.29) is 23.0 Å². The first-order valence-corrected chi connectivity index (χ1v) is 9.72. The summed E-state index contributed by atoms with van der Waals surface area (Å²) >= 11 is 1.18. The minimum atomic E-state index is -0.541. The van der Waals surface area contributed by atoms with Crippen LogP contribution in [0, 0.1) is 10.1 Å². The molecule has 154 valence electrons. The van der Waals surface area contributed by atoms with Gasteiger partial charge in [-0.3, -0.25) is 14.9 Å². The van der Waals surface area contributed by atoms with E-state index in [1.165, 1.54) is 30.0 Å². The van der Waals surface area contributed by atoms with Crippen LogP contribution >= 0.6 is 11.8 Å². The van der Waals surface area contributed by atoms with Crippen LogP contribution in [-0.2, 0) is 4.79 Å². The van der Waals surface area contributed by atoms with Gasteiger partial charge in [0.15, 0.2) is 0 Å². The van der Waals surface area contributed by atoms with Crippen LogP contribution in [-0.4, -0.2) is 41.0 Å². The fourth-order valence-corrected chi connectivity index (χ4v) is 3.23. The summed E-state index contributed by atoms with van der Waals surface area (Å²) in [6.45, 7) is 0. The number of hydrogen-bond acceptors (Lipinski definition) is 8. The summed E-state index contributed by atoms with van der Waals surface area (Å²) in [5.74, 6) is 0.927. The van der Waals surface area contributed by atoms with Crippen LogP contribution in [0.2, 0.25) is 0 Å². The van der Waals surface area contributed by atoms with Crippen molar-refractivity contribution in [3.05, 3.63) is 64.7 Å². The van der Waals surface area contributed by atoms with Crippen LogP contribution in [0.5, 0.6) is 11.5 Å². The molecule has 0 saturated heterocycles. The molecule has 0 unspecified atom stereocenters. The number of nitro benzene ring substituents is 1. The lowest BCUT2D eigenvalue weighted by Gasteiger charge is -2.10. The molecule has 30 heavy (non-hydrogen) atoms. The molecule has 1 heterocycles. The summed E-state index contributed by atoms with van der Waals surface area (Å²) in [6.07, 6.45) is 0. The van der Waals surface area contributed by atoms with Crippen LogP contribution in [0.4, 0.5) is 11.4 Å². The van der Waals surface area contributed by atoms with Crippen molar-refractivity contribution in [3.8, 4) is 22.8 Å². The third-order valence-corrected chi connectivity index (χ3v) is 4.97. The summed E-state index contributed by atoms with van der Waals surface area (Å²) < 4.78 is 10.6. The number of nitrogens with zero attached hydrogens (tertiary/aromatic N) is 3. The Labute approximate surface area is 176 Å². The number of para-hydroxylation sites is 2. The molecular formula is C20H18N4O5S. The van der Waals surface area contributed by atoms with E-state index in [2.05, 4.69) is 15.5 Å². The highest BCUT2D eigenvalue weighted by Gasteiger charge is 2.15. The van der Waals surface area contributed by atoms with Gasteiger partial charge < -0.3 is 14.8 Å². The molecule has 0 aliphatic carbocycles. The predicted octanol–water partition coefficient (Wildman–Crippen LogP) is 3.80. The normalized spacial score (nSPS) is 10.3. The lowest BCUT2D eigenvalue weighted by Crippen LogP contribution is -2.15. The number of hydrogen-bond donors (Lipinski definition) is 1. The maximum Gasteiger partial charge on any atom is 0.292 e. The first-order valence-electron chi connectivity index (χ1n) is 8.74. The molecule has 1 N–H and O–H groups in total. The average molecular weight is 426 g/mol. The Kier molecular flexibility index (Phi) is 6.81. The Balaban J connectivity index is 1.64. The molecule has 9 nitrogen and oxygen atoms in total. The third-order valence-electron chi connectivity index (χ3n) is 4.05. The van der Waals surface area contributed by atoms with Gasteiger partial charge in [-0.15, -0.1) is 10.2 Å². The Morgan fingerprint density at radius 1 is 1.10 bits per heavy atom. The first kappa shape index (κ1) is 21.1. The number of amides is 1. The topological polar surface area (TPSA) is 116 Å².